The van der Waals surface area contributed by atoms with Crippen LogP contribution in [0.4, 0.5) is 0 Å². The molecule has 1 unspecified atom stereocenters. The van der Waals surface area contributed by atoms with E-state index in [0.717, 1.165) is 19.0 Å². The van der Waals surface area contributed by atoms with E-state index in [1.165, 1.54) is 83.1 Å². The molecule has 4 rings (SSSR count). The van der Waals surface area contributed by atoms with E-state index in [0.29, 0.717) is 0 Å². The van der Waals surface area contributed by atoms with Crippen molar-refractivity contribution in [1.29, 1.82) is 0 Å². The van der Waals surface area contributed by atoms with E-state index >= 15 is 0 Å². The van der Waals surface area contributed by atoms with Crippen molar-refractivity contribution in [2.75, 3.05) is 26.2 Å². The van der Waals surface area contributed by atoms with Gasteiger partial charge in [-0.1, -0.05) is 12.8 Å². The fraction of sp³-hybridized carbons (Fsp3) is 0.882. The van der Waals surface area contributed by atoms with Crippen molar-refractivity contribution in [3.63, 3.8) is 0 Å². The predicted molar refractivity (Wildman–Crippen MR) is 85.8 cm³/mol. The standard InChI is InChI=1S/C10H17N.C7H12N2/c1-2-5-9-6-4-8-11-10(9)7-3-1;1-3-7-8-4-2-6-9(7)5-1/h9H,1-8H2;1-6H2. The summed E-state index contributed by atoms with van der Waals surface area (Å²) in [4.78, 5) is 11.5. The topological polar surface area (TPSA) is 28.0 Å². The van der Waals surface area contributed by atoms with Gasteiger partial charge in [-0.15, -0.1) is 0 Å². The molecule has 0 aromatic rings. The van der Waals surface area contributed by atoms with Crippen LogP contribution in [0, 0.1) is 5.92 Å². The molecular weight excluding hydrogens is 246 g/mol. The fourth-order valence-corrected chi connectivity index (χ4v) is 3.93. The second kappa shape index (κ2) is 7.24. The zero-order chi connectivity index (χ0) is 13.6. The number of fused-ring (bicyclic) bond motifs is 2. The van der Waals surface area contributed by atoms with Gasteiger partial charge in [-0.3, -0.25) is 9.98 Å². The highest BCUT2D eigenvalue weighted by Crippen LogP contribution is 2.27. The Balaban J connectivity index is 0.000000123. The molecule has 112 valence electrons. The summed E-state index contributed by atoms with van der Waals surface area (Å²) >= 11 is 0. The Kier molecular flexibility index (Phi) is 5.10. The first kappa shape index (κ1) is 14.1. The molecule has 0 spiro atoms. The third-order valence-corrected chi connectivity index (χ3v) is 5.06. The Labute approximate surface area is 123 Å². The molecule has 0 aromatic heterocycles. The third kappa shape index (κ3) is 3.62. The largest absolute Gasteiger partial charge is 0.360 e. The summed E-state index contributed by atoms with van der Waals surface area (Å²) < 4.78 is 0. The molecule has 1 saturated carbocycles. The molecule has 0 aromatic carbocycles. The van der Waals surface area contributed by atoms with Gasteiger partial charge in [0.2, 0.25) is 0 Å². The molecule has 3 nitrogen and oxygen atoms in total. The van der Waals surface area contributed by atoms with Crippen LogP contribution < -0.4 is 0 Å². The van der Waals surface area contributed by atoms with Gasteiger partial charge in [0.15, 0.2) is 0 Å². The number of hydrogen-bond acceptors (Lipinski definition) is 3. The highest BCUT2D eigenvalue weighted by Gasteiger charge is 2.20. The highest BCUT2D eigenvalue weighted by atomic mass is 15.2. The average Bonchev–Trinajstić information content (AvgIpc) is 2.85. The molecule has 0 bridgehead atoms. The molecule has 2 fully saturated rings. The molecule has 1 saturated heterocycles. The van der Waals surface area contributed by atoms with Gasteiger partial charge in [-0.05, 0) is 50.9 Å². The summed E-state index contributed by atoms with van der Waals surface area (Å²) in [5.41, 5.74) is 1.56. The molecule has 0 amide bonds. The van der Waals surface area contributed by atoms with E-state index in [-0.39, 0.29) is 0 Å². The lowest BCUT2D eigenvalue weighted by Crippen LogP contribution is -2.29. The molecule has 3 heteroatoms. The number of aliphatic imine (C=N–C) groups is 2. The van der Waals surface area contributed by atoms with Crippen LogP contribution in [0.5, 0.6) is 0 Å². The van der Waals surface area contributed by atoms with Gasteiger partial charge in [0.05, 0.1) is 5.84 Å². The van der Waals surface area contributed by atoms with Crippen molar-refractivity contribution < 1.29 is 0 Å². The first-order chi connectivity index (χ1) is 9.93. The Morgan fingerprint density at radius 2 is 1.60 bits per heavy atom. The van der Waals surface area contributed by atoms with Gasteiger partial charge >= 0.3 is 0 Å². The van der Waals surface area contributed by atoms with Crippen LogP contribution in [-0.4, -0.2) is 42.6 Å². The monoisotopic (exact) mass is 275 g/mol. The second-order valence-corrected chi connectivity index (χ2v) is 6.55. The van der Waals surface area contributed by atoms with Gasteiger partial charge in [0.1, 0.15) is 0 Å². The maximum atomic E-state index is 4.63. The van der Waals surface area contributed by atoms with Gasteiger partial charge in [-0.25, -0.2) is 0 Å². The van der Waals surface area contributed by atoms with Crippen LogP contribution in [-0.2, 0) is 0 Å². The van der Waals surface area contributed by atoms with E-state index in [2.05, 4.69) is 14.9 Å². The van der Waals surface area contributed by atoms with E-state index in [1.807, 2.05) is 0 Å². The van der Waals surface area contributed by atoms with Gasteiger partial charge in [-0.2, -0.15) is 0 Å². The minimum atomic E-state index is 0.895. The number of amidine groups is 1. The number of rotatable bonds is 0. The average molecular weight is 275 g/mol. The Morgan fingerprint density at radius 1 is 0.750 bits per heavy atom. The van der Waals surface area contributed by atoms with Crippen LogP contribution >= 0.6 is 0 Å². The number of hydrogen-bond donors (Lipinski definition) is 0. The van der Waals surface area contributed by atoms with Crippen molar-refractivity contribution in [2.24, 2.45) is 15.9 Å². The molecular formula is C17H29N3. The third-order valence-electron chi connectivity index (χ3n) is 5.06. The zero-order valence-electron chi connectivity index (χ0n) is 12.8. The highest BCUT2D eigenvalue weighted by molar-refractivity contribution is 5.87. The molecule has 3 aliphatic heterocycles. The SMILES string of the molecule is C1CCC2=NCCCC2CC1.C1CN=C2CCCN2C1. The molecule has 1 atom stereocenters. The van der Waals surface area contributed by atoms with Crippen LogP contribution in [0.3, 0.4) is 0 Å². The summed E-state index contributed by atoms with van der Waals surface area (Å²) in [5.74, 6) is 2.27. The van der Waals surface area contributed by atoms with E-state index in [9.17, 15) is 0 Å². The Bertz CT molecular complexity index is 372. The smallest absolute Gasteiger partial charge is 0.0989 e. The summed E-state index contributed by atoms with van der Waals surface area (Å²) in [6, 6.07) is 0. The molecule has 3 heterocycles. The molecule has 4 aliphatic rings. The van der Waals surface area contributed by atoms with Crippen LogP contribution in [0.15, 0.2) is 9.98 Å². The van der Waals surface area contributed by atoms with Gasteiger partial charge in [0, 0.05) is 38.3 Å². The quantitative estimate of drug-likeness (QED) is 0.662. The minimum Gasteiger partial charge on any atom is -0.360 e. The number of nitrogens with zero attached hydrogens (tertiary/aromatic N) is 3. The zero-order valence-corrected chi connectivity index (χ0v) is 12.8. The lowest BCUT2D eigenvalue weighted by molar-refractivity contribution is 0.427. The van der Waals surface area contributed by atoms with Crippen molar-refractivity contribution in [2.45, 2.75) is 64.2 Å². The lowest BCUT2D eigenvalue weighted by atomic mass is 9.91. The Morgan fingerprint density at radius 3 is 2.55 bits per heavy atom. The molecule has 0 radical (unpaired) electrons. The summed E-state index contributed by atoms with van der Waals surface area (Å²) in [6.45, 7) is 4.72. The molecule has 0 N–H and O–H groups in total. The molecule has 20 heavy (non-hydrogen) atoms. The lowest BCUT2D eigenvalue weighted by Gasteiger charge is -2.21. The summed E-state index contributed by atoms with van der Waals surface area (Å²) in [7, 11) is 0. The van der Waals surface area contributed by atoms with E-state index in [4.69, 9.17) is 0 Å². The summed E-state index contributed by atoms with van der Waals surface area (Å²) in [6.07, 6.45) is 13.6. The van der Waals surface area contributed by atoms with E-state index < -0.39 is 0 Å². The first-order valence-corrected chi connectivity index (χ1v) is 8.75. The maximum Gasteiger partial charge on any atom is 0.0989 e. The van der Waals surface area contributed by atoms with Crippen molar-refractivity contribution in [1.82, 2.24) is 4.90 Å². The summed E-state index contributed by atoms with van der Waals surface area (Å²) in [5, 5.41) is 0. The maximum absolute atomic E-state index is 4.63. The van der Waals surface area contributed by atoms with E-state index in [1.54, 1.807) is 5.71 Å². The van der Waals surface area contributed by atoms with Gasteiger partial charge in [0.25, 0.3) is 0 Å². The minimum absolute atomic E-state index is 0.895. The fourth-order valence-electron chi connectivity index (χ4n) is 3.93. The predicted octanol–water partition coefficient (Wildman–Crippen LogP) is 3.69. The second-order valence-electron chi connectivity index (χ2n) is 6.55. The normalized spacial score (nSPS) is 29.2. The van der Waals surface area contributed by atoms with Crippen LogP contribution in [0.1, 0.15) is 64.2 Å². The van der Waals surface area contributed by atoms with Crippen molar-refractivity contribution >= 4 is 11.5 Å². The van der Waals surface area contributed by atoms with Crippen molar-refractivity contribution in [3.05, 3.63) is 0 Å². The van der Waals surface area contributed by atoms with Crippen LogP contribution in [0.25, 0.3) is 0 Å². The van der Waals surface area contributed by atoms with Crippen molar-refractivity contribution in [3.8, 4) is 0 Å². The van der Waals surface area contributed by atoms with Gasteiger partial charge < -0.3 is 4.90 Å². The first-order valence-electron chi connectivity index (χ1n) is 8.75. The van der Waals surface area contributed by atoms with Crippen LogP contribution in [0.2, 0.25) is 0 Å². The Hall–Kier alpha value is -0.860. The molecule has 1 aliphatic carbocycles.